The van der Waals surface area contributed by atoms with Crippen LogP contribution in [-0.4, -0.2) is 36.9 Å². The third kappa shape index (κ3) is 3.90. The Morgan fingerprint density at radius 2 is 2.27 bits per heavy atom. The van der Waals surface area contributed by atoms with E-state index in [9.17, 15) is 9.59 Å². The van der Waals surface area contributed by atoms with Crippen molar-refractivity contribution in [2.45, 2.75) is 26.7 Å². The molecule has 1 saturated heterocycles. The van der Waals surface area contributed by atoms with Gasteiger partial charge in [-0.2, -0.15) is 0 Å². The lowest BCUT2D eigenvalue weighted by atomic mass is 10.1. The highest BCUT2D eigenvalue weighted by atomic mass is 16.2. The van der Waals surface area contributed by atoms with E-state index in [4.69, 9.17) is 0 Å². The highest BCUT2D eigenvalue weighted by Gasteiger charge is 2.26. The first-order chi connectivity index (χ1) is 6.99. The van der Waals surface area contributed by atoms with Crippen molar-refractivity contribution in [3.05, 3.63) is 0 Å². The Morgan fingerprint density at radius 3 is 2.73 bits per heavy atom. The molecule has 1 heterocycles. The molecule has 86 valence electrons. The fraction of sp³-hybridized carbons (Fsp3) is 0.818. The highest BCUT2D eigenvalue weighted by Crippen LogP contribution is 2.14. The van der Waals surface area contributed by atoms with E-state index in [1.54, 1.807) is 11.9 Å². The Morgan fingerprint density at radius 1 is 1.60 bits per heavy atom. The number of nitrogens with one attached hydrogen (secondary N) is 1. The maximum absolute atomic E-state index is 11.4. The van der Waals surface area contributed by atoms with Crippen LogP contribution < -0.4 is 5.32 Å². The van der Waals surface area contributed by atoms with E-state index >= 15 is 0 Å². The molecule has 15 heavy (non-hydrogen) atoms. The molecule has 0 bridgehead atoms. The van der Waals surface area contributed by atoms with Crippen molar-refractivity contribution in [3.63, 3.8) is 0 Å². The summed E-state index contributed by atoms with van der Waals surface area (Å²) in [6.45, 7) is 5.43. The summed E-state index contributed by atoms with van der Waals surface area (Å²) in [4.78, 5) is 24.3. The summed E-state index contributed by atoms with van der Waals surface area (Å²) in [5.74, 6) is 0.946. The SMILES string of the molecule is CC(C)CC(=O)NCC1CC(=O)N(C)C1. The van der Waals surface area contributed by atoms with Gasteiger partial charge in [-0.1, -0.05) is 13.8 Å². The molecule has 0 aromatic heterocycles. The summed E-state index contributed by atoms with van der Waals surface area (Å²) in [5, 5.41) is 2.88. The third-order valence-electron chi connectivity index (χ3n) is 2.60. The number of carbonyl (C=O) groups is 2. The molecule has 1 atom stereocenters. The molecule has 4 heteroatoms. The number of carbonyl (C=O) groups excluding carboxylic acids is 2. The minimum atomic E-state index is 0.0898. The van der Waals surface area contributed by atoms with Crippen LogP contribution in [-0.2, 0) is 9.59 Å². The molecule has 1 aliphatic heterocycles. The zero-order valence-corrected chi connectivity index (χ0v) is 9.75. The maximum Gasteiger partial charge on any atom is 0.222 e. The van der Waals surface area contributed by atoms with Crippen LogP contribution in [0.1, 0.15) is 26.7 Å². The van der Waals surface area contributed by atoms with E-state index in [-0.39, 0.29) is 11.8 Å². The summed E-state index contributed by atoms with van der Waals surface area (Å²) in [5.41, 5.74) is 0. The molecular formula is C11H20N2O2. The van der Waals surface area contributed by atoms with Gasteiger partial charge in [0.1, 0.15) is 0 Å². The van der Waals surface area contributed by atoms with Crippen molar-refractivity contribution in [1.82, 2.24) is 10.2 Å². The van der Waals surface area contributed by atoms with E-state index < -0.39 is 0 Å². The first-order valence-electron chi connectivity index (χ1n) is 5.49. The minimum absolute atomic E-state index is 0.0898. The summed E-state index contributed by atoms with van der Waals surface area (Å²) < 4.78 is 0. The van der Waals surface area contributed by atoms with E-state index in [0.29, 0.717) is 31.2 Å². The second kappa shape index (κ2) is 5.14. The van der Waals surface area contributed by atoms with Crippen molar-refractivity contribution >= 4 is 11.8 Å². The molecule has 0 radical (unpaired) electrons. The fourth-order valence-corrected chi connectivity index (χ4v) is 1.79. The maximum atomic E-state index is 11.4. The van der Waals surface area contributed by atoms with Crippen molar-refractivity contribution in [3.8, 4) is 0 Å². The average Bonchev–Trinajstić information content (AvgIpc) is 2.42. The van der Waals surface area contributed by atoms with Crippen molar-refractivity contribution in [2.75, 3.05) is 20.1 Å². The van der Waals surface area contributed by atoms with E-state index in [0.717, 1.165) is 6.54 Å². The normalized spacial score (nSPS) is 21.2. The zero-order valence-electron chi connectivity index (χ0n) is 9.75. The number of hydrogen-bond acceptors (Lipinski definition) is 2. The largest absolute Gasteiger partial charge is 0.356 e. The molecule has 1 N–H and O–H groups in total. The molecule has 1 unspecified atom stereocenters. The summed E-state index contributed by atoms with van der Waals surface area (Å²) >= 11 is 0. The van der Waals surface area contributed by atoms with Crippen molar-refractivity contribution in [1.29, 1.82) is 0 Å². The predicted octanol–water partition coefficient (Wildman–Crippen LogP) is 0.627. The molecular weight excluding hydrogens is 192 g/mol. The molecule has 4 nitrogen and oxygen atoms in total. The molecule has 0 saturated carbocycles. The third-order valence-corrected chi connectivity index (χ3v) is 2.60. The Balaban J connectivity index is 2.21. The number of likely N-dealkylation sites (tertiary alicyclic amines) is 1. The summed E-state index contributed by atoms with van der Waals surface area (Å²) in [6.07, 6.45) is 1.13. The van der Waals surface area contributed by atoms with Gasteiger partial charge in [0.15, 0.2) is 0 Å². The van der Waals surface area contributed by atoms with Gasteiger partial charge in [-0.05, 0) is 5.92 Å². The Kier molecular flexibility index (Phi) is 4.12. The summed E-state index contributed by atoms with van der Waals surface area (Å²) in [7, 11) is 1.80. The fourth-order valence-electron chi connectivity index (χ4n) is 1.79. The quantitative estimate of drug-likeness (QED) is 0.743. The molecule has 0 spiro atoms. The second-order valence-corrected chi connectivity index (χ2v) is 4.75. The number of amides is 2. The Bertz CT molecular complexity index is 251. The van der Waals surface area contributed by atoms with Crippen molar-refractivity contribution < 1.29 is 9.59 Å². The van der Waals surface area contributed by atoms with Gasteiger partial charge in [0.2, 0.25) is 11.8 Å². The van der Waals surface area contributed by atoms with Crippen LogP contribution in [0.15, 0.2) is 0 Å². The number of nitrogens with zero attached hydrogens (tertiary/aromatic N) is 1. The van der Waals surface area contributed by atoms with E-state index in [1.165, 1.54) is 0 Å². The van der Waals surface area contributed by atoms with Gasteiger partial charge in [0, 0.05) is 38.9 Å². The number of rotatable bonds is 4. The van der Waals surface area contributed by atoms with Gasteiger partial charge < -0.3 is 10.2 Å². The first kappa shape index (κ1) is 12.0. The molecule has 1 rings (SSSR count). The van der Waals surface area contributed by atoms with Crippen LogP contribution in [0.3, 0.4) is 0 Å². The average molecular weight is 212 g/mol. The lowest BCUT2D eigenvalue weighted by molar-refractivity contribution is -0.126. The topological polar surface area (TPSA) is 49.4 Å². The monoisotopic (exact) mass is 212 g/mol. The predicted molar refractivity (Wildman–Crippen MR) is 58.2 cm³/mol. The molecule has 0 aromatic rings. The van der Waals surface area contributed by atoms with Crippen LogP contribution in [0.5, 0.6) is 0 Å². The van der Waals surface area contributed by atoms with Crippen LogP contribution in [0.4, 0.5) is 0 Å². The van der Waals surface area contributed by atoms with Crippen LogP contribution in [0, 0.1) is 11.8 Å². The van der Waals surface area contributed by atoms with Gasteiger partial charge in [-0.25, -0.2) is 0 Å². The van der Waals surface area contributed by atoms with Gasteiger partial charge in [0.05, 0.1) is 0 Å². The molecule has 1 aliphatic rings. The Labute approximate surface area is 91.0 Å². The Hall–Kier alpha value is -1.06. The summed E-state index contributed by atoms with van der Waals surface area (Å²) in [6, 6.07) is 0. The van der Waals surface area contributed by atoms with Crippen LogP contribution >= 0.6 is 0 Å². The molecule has 2 amide bonds. The zero-order chi connectivity index (χ0) is 11.4. The molecule has 1 fully saturated rings. The first-order valence-corrected chi connectivity index (χ1v) is 5.49. The van der Waals surface area contributed by atoms with Crippen molar-refractivity contribution in [2.24, 2.45) is 11.8 Å². The van der Waals surface area contributed by atoms with Gasteiger partial charge >= 0.3 is 0 Å². The smallest absolute Gasteiger partial charge is 0.222 e. The molecule has 0 aromatic carbocycles. The van der Waals surface area contributed by atoms with Gasteiger partial charge in [-0.3, -0.25) is 9.59 Å². The standard InChI is InChI=1S/C11H20N2O2/c1-8(2)4-10(14)12-6-9-5-11(15)13(3)7-9/h8-9H,4-7H2,1-3H3,(H,12,14). The van der Waals surface area contributed by atoms with Crippen LogP contribution in [0.25, 0.3) is 0 Å². The van der Waals surface area contributed by atoms with E-state index in [1.807, 2.05) is 13.8 Å². The second-order valence-electron chi connectivity index (χ2n) is 4.75. The highest BCUT2D eigenvalue weighted by molar-refractivity contribution is 5.79. The lowest BCUT2D eigenvalue weighted by Crippen LogP contribution is -2.31. The lowest BCUT2D eigenvalue weighted by Gasteiger charge is -2.12. The van der Waals surface area contributed by atoms with E-state index in [2.05, 4.69) is 5.32 Å². The van der Waals surface area contributed by atoms with Gasteiger partial charge in [-0.15, -0.1) is 0 Å². The van der Waals surface area contributed by atoms with Gasteiger partial charge in [0.25, 0.3) is 0 Å². The van der Waals surface area contributed by atoms with Crippen LogP contribution in [0.2, 0.25) is 0 Å². The minimum Gasteiger partial charge on any atom is -0.356 e. The molecule has 0 aliphatic carbocycles. The number of hydrogen-bond donors (Lipinski definition) is 1.